The summed E-state index contributed by atoms with van der Waals surface area (Å²) in [5, 5.41) is 9.86. The molecule has 1 aliphatic heterocycles. The fourth-order valence-electron chi connectivity index (χ4n) is 2.66. The molecule has 1 aliphatic carbocycles. The van der Waals surface area contributed by atoms with Crippen molar-refractivity contribution in [2.45, 2.75) is 57.8 Å². The fraction of sp³-hybridized carbons (Fsp3) is 0.917. The van der Waals surface area contributed by atoms with E-state index in [4.69, 9.17) is 4.74 Å². The van der Waals surface area contributed by atoms with Crippen LogP contribution >= 0.6 is 0 Å². The second kappa shape index (κ2) is 3.91. The number of amides is 1. The SMILES string of the molecule is CC(C)(C)OC(=O)N1CC2CCC(O)C1C2. The van der Waals surface area contributed by atoms with Crippen LogP contribution in [0.2, 0.25) is 0 Å². The van der Waals surface area contributed by atoms with Crippen molar-refractivity contribution in [3.8, 4) is 0 Å². The quantitative estimate of drug-likeness (QED) is 0.686. The highest BCUT2D eigenvalue weighted by molar-refractivity contribution is 5.69. The van der Waals surface area contributed by atoms with Gasteiger partial charge in [0.05, 0.1) is 12.1 Å². The number of likely N-dealkylation sites (tertiary alicyclic amines) is 1. The zero-order chi connectivity index (χ0) is 11.9. The van der Waals surface area contributed by atoms with Gasteiger partial charge in [-0.05, 0) is 46.0 Å². The molecule has 1 amide bonds. The number of carbonyl (C=O) groups excluding carboxylic acids is 1. The van der Waals surface area contributed by atoms with Gasteiger partial charge in [-0.2, -0.15) is 0 Å². The summed E-state index contributed by atoms with van der Waals surface area (Å²) in [6.45, 7) is 6.34. The predicted molar refractivity (Wildman–Crippen MR) is 60.1 cm³/mol. The number of aliphatic hydroxyl groups is 1. The van der Waals surface area contributed by atoms with Gasteiger partial charge < -0.3 is 14.7 Å². The van der Waals surface area contributed by atoms with E-state index < -0.39 is 5.60 Å². The molecule has 3 atom stereocenters. The van der Waals surface area contributed by atoms with Gasteiger partial charge in [-0.3, -0.25) is 0 Å². The van der Waals surface area contributed by atoms with Crippen LogP contribution in [0.1, 0.15) is 40.0 Å². The van der Waals surface area contributed by atoms with Crippen LogP contribution in [0.5, 0.6) is 0 Å². The largest absolute Gasteiger partial charge is 0.444 e. The molecule has 0 aromatic rings. The minimum absolute atomic E-state index is 0.0198. The van der Waals surface area contributed by atoms with Gasteiger partial charge in [-0.15, -0.1) is 0 Å². The van der Waals surface area contributed by atoms with Gasteiger partial charge in [0.25, 0.3) is 0 Å². The van der Waals surface area contributed by atoms with Crippen LogP contribution in [0, 0.1) is 5.92 Å². The zero-order valence-electron chi connectivity index (χ0n) is 10.3. The van der Waals surface area contributed by atoms with E-state index in [2.05, 4.69) is 0 Å². The Balaban J connectivity index is 2.02. The molecule has 0 radical (unpaired) electrons. The average Bonchev–Trinajstić information content (AvgIpc) is 2.49. The number of aliphatic hydroxyl groups excluding tert-OH is 1. The minimum Gasteiger partial charge on any atom is -0.444 e. The Hall–Kier alpha value is -0.770. The second-order valence-corrected chi connectivity index (χ2v) is 5.95. The summed E-state index contributed by atoms with van der Waals surface area (Å²) in [5.41, 5.74) is -0.460. The maximum Gasteiger partial charge on any atom is 0.410 e. The molecule has 92 valence electrons. The Morgan fingerprint density at radius 1 is 1.38 bits per heavy atom. The first kappa shape index (κ1) is 11.7. The van der Waals surface area contributed by atoms with Gasteiger partial charge >= 0.3 is 6.09 Å². The number of nitrogens with zero attached hydrogens (tertiary/aromatic N) is 1. The lowest BCUT2D eigenvalue weighted by molar-refractivity contribution is 0.00453. The van der Waals surface area contributed by atoms with Crippen LogP contribution in [0.25, 0.3) is 0 Å². The van der Waals surface area contributed by atoms with E-state index in [9.17, 15) is 9.90 Å². The third kappa shape index (κ3) is 2.32. The van der Waals surface area contributed by atoms with Crippen molar-refractivity contribution in [1.82, 2.24) is 4.90 Å². The molecule has 16 heavy (non-hydrogen) atoms. The topological polar surface area (TPSA) is 49.8 Å². The van der Waals surface area contributed by atoms with Gasteiger partial charge in [0.1, 0.15) is 5.60 Å². The molecule has 4 nitrogen and oxygen atoms in total. The molecule has 3 unspecified atom stereocenters. The van der Waals surface area contributed by atoms with E-state index in [1.54, 1.807) is 4.90 Å². The van der Waals surface area contributed by atoms with Crippen LogP contribution in [0.15, 0.2) is 0 Å². The molecular formula is C12H21NO3. The molecule has 1 saturated carbocycles. The van der Waals surface area contributed by atoms with Crippen molar-refractivity contribution in [2.75, 3.05) is 6.54 Å². The first-order valence-electron chi connectivity index (χ1n) is 6.04. The van der Waals surface area contributed by atoms with Crippen LogP contribution in [-0.2, 0) is 4.74 Å². The summed E-state index contributed by atoms with van der Waals surface area (Å²) >= 11 is 0. The Morgan fingerprint density at radius 2 is 2.06 bits per heavy atom. The van der Waals surface area contributed by atoms with Crippen molar-refractivity contribution in [1.29, 1.82) is 0 Å². The van der Waals surface area contributed by atoms with E-state index in [0.29, 0.717) is 5.92 Å². The molecule has 2 fully saturated rings. The predicted octanol–water partition coefficient (Wildman–Crippen LogP) is 1.77. The molecule has 2 aliphatic rings. The smallest absolute Gasteiger partial charge is 0.410 e. The van der Waals surface area contributed by atoms with Crippen LogP contribution in [0.3, 0.4) is 0 Å². The molecule has 1 heterocycles. The van der Waals surface area contributed by atoms with Crippen LogP contribution in [-0.4, -0.2) is 40.4 Å². The summed E-state index contributed by atoms with van der Waals surface area (Å²) < 4.78 is 5.35. The number of ether oxygens (including phenoxy) is 1. The van der Waals surface area contributed by atoms with E-state index in [-0.39, 0.29) is 18.2 Å². The van der Waals surface area contributed by atoms with Gasteiger partial charge in [0, 0.05) is 6.54 Å². The number of hydrogen-bond acceptors (Lipinski definition) is 3. The lowest BCUT2D eigenvalue weighted by Crippen LogP contribution is -2.44. The average molecular weight is 227 g/mol. The number of rotatable bonds is 0. The van der Waals surface area contributed by atoms with Crippen molar-refractivity contribution >= 4 is 6.09 Å². The maximum atomic E-state index is 11.9. The highest BCUT2D eigenvalue weighted by atomic mass is 16.6. The van der Waals surface area contributed by atoms with Gasteiger partial charge in [0.15, 0.2) is 0 Å². The summed E-state index contributed by atoms with van der Waals surface area (Å²) in [4.78, 5) is 13.7. The van der Waals surface area contributed by atoms with E-state index in [1.807, 2.05) is 20.8 Å². The highest BCUT2D eigenvalue weighted by Gasteiger charge is 2.44. The first-order valence-corrected chi connectivity index (χ1v) is 6.04. The number of fused-ring (bicyclic) bond motifs is 2. The molecule has 2 bridgehead atoms. The summed E-state index contributed by atoms with van der Waals surface area (Å²) in [7, 11) is 0. The number of carbonyl (C=O) groups is 1. The Bertz CT molecular complexity index is 284. The summed E-state index contributed by atoms with van der Waals surface area (Å²) in [6, 6.07) is -0.0198. The molecular weight excluding hydrogens is 206 g/mol. The maximum absolute atomic E-state index is 11.9. The Labute approximate surface area is 96.6 Å². The molecule has 1 N–H and O–H groups in total. The van der Waals surface area contributed by atoms with Gasteiger partial charge in [-0.1, -0.05) is 0 Å². The molecule has 1 saturated heterocycles. The molecule has 4 heteroatoms. The normalized spacial score (nSPS) is 34.0. The lowest BCUT2D eigenvalue weighted by Gasteiger charge is -2.31. The second-order valence-electron chi connectivity index (χ2n) is 5.95. The number of hydrogen-bond donors (Lipinski definition) is 1. The Morgan fingerprint density at radius 3 is 2.69 bits per heavy atom. The Kier molecular flexibility index (Phi) is 2.86. The lowest BCUT2D eigenvalue weighted by atomic mass is 9.88. The monoisotopic (exact) mass is 227 g/mol. The fourth-order valence-corrected chi connectivity index (χ4v) is 2.66. The summed E-state index contributed by atoms with van der Waals surface area (Å²) in [6.07, 6.45) is 2.12. The highest BCUT2D eigenvalue weighted by Crippen LogP contribution is 2.36. The van der Waals surface area contributed by atoms with Crippen molar-refractivity contribution < 1.29 is 14.6 Å². The van der Waals surface area contributed by atoms with Crippen molar-refractivity contribution in [3.63, 3.8) is 0 Å². The van der Waals surface area contributed by atoms with Gasteiger partial charge in [-0.25, -0.2) is 4.79 Å². The zero-order valence-corrected chi connectivity index (χ0v) is 10.3. The first-order chi connectivity index (χ1) is 7.37. The minimum atomic E-state index is -0.460. The van der Waals surface area contributed by atoms with Crippen LogP contribution in [0.4, 0.5) is 4.79 Å². The molecule has 0 aromatic heterocycles. The third-order valence-electron chi connectivity index (χ3n) is 3.37. The van der Waals surface area contributed by atoms with Gasteiger partial charge in [0.2, 0.25) is 0 Å². The molecule has 0 spiro atoms. The standard InChI is InChI=1S/C12H21NO3/c1-12(2,3)16-11(15)13-7-8-4-5-10(14)9(13)6-8/h8-10,14H,4-7H2,1-3H3. The molecule has 0 aromatic carbocycles. The van der Waals surface area contributed by atoms with Crippen molar-refractivity contribution in [3.05, 3.63) is 0 Å². The third-order valence-corrected chi connectivity index (χ3v) is 3.37. The van der Waals surface area contributed by atoms with Crippen molar-refractivity contribution in [2.24, 2.45) is 5.92 Å². The summed E-state index contributed by atoms with van der Waals surface area (Å²) in [5.74, 6) is 0.556. The van der Waals surface area contributed by atoms with E-state index in [1.165, 1.54) is 0 Å². The van der Waals surface area contributed by atoms with E-state index in [0.717, 1.165) is 25.8 Å². The van der Waals surface area contributed by atoms with Crippen LogP contribution < -0.4 is 0 Å². The van der Waals surface area contributed by atoms with E-state index >= 15 is 0 Å². The molecule has 2 rings (SSSR count).